The van der Waals surface area contributed by atoms with E-state index in [1.54, 1.807) is 30.5 Å². The molecule has 2 heterocycles. The molecule has 0 radical (unpaired) electrons. The molecule has 6 heteroatoms. The lowest BCUT2D eigenvalue weighted by Gasteiger charge is -2.23. The van der Waals surface area contributed by atoms with Gasteiger partial charge in [-0.1, -0.05) is 17.7 Å². The van der Waals surface area contributed by atoms with Gasteiger partial charge in [-0.2, -0.15) is 0 Å². The molecule has 0 spiro atoms. The number of rotatable bonds is 3. The maximum absolute atomic E-state index is 12.1. The summed E-state index contributed by atoms with van der Waals surface area (Å²) in [5.41, 5.74) is 2.00. The highest BCUT2D eigenvalue weighted by molar-refractivity contribution is 6.31. The van der Waals surface area contributed by atoms with Crippen molar-refractivity contribution in [3.8, 4) is 0 Å². The van der Waals surface area contributed by atoms with Crippen molar-refractivity contribution in [1.29, 1.82) is 0 Å². The molecule has 1 aromatic carbocycles. The second-order valence-corrected chi connectivity index (χ2v) is 5.44. The van der Waals surface area contributed by atoms with Crippen molar-refractivity contribution in [3.63, 3.8) is 0 Å². The number of hydrogen-bond acceptors (Lipinski definition) is 4. The van der Waals surface area contributed by atoms with Crippen LogP contribution in [0.2, 0.25) is 5.02 Å². The predicted octanol–water partition coefficient (Wildman–Crippen LogP) is 2.65. The average Bonchev–Trinajstić information content (AvgIpc) is 2.56. The number of aromatic nitrogens is 1. The number of pyridine rings is 1. The Morgan fingerprint density at radius 2 is 2.27 bits per heavy atom. The molecule has 0 saturated carbocycles. The highest BCUT2D eigenvalue weighted by atomic mass is 35.5. The fourth-order valence-electron chi connectivity index (χ4n) is 2.26. The van der Waals surface area contributed by atoms with E-state index in [4.69, 9.17) is 16.3 Å². The lowest BCUT2D eigenvalue weighted by atomic mass is 10.2. The van der Waals surface area contributed by atoms with E-state index in [-0.39, 0.29) is 12.0 Å². The number of morpholine rings is 1. The minimum absolute atomic E-state index is 0.0357. The maximum Gasteiger partial charge on any atom is 0.255 e. The number of nitrogens with zero attached hydrogens (tertiary/aromatic N) is 1. The van der Waals surface area contributed by atoms with Crippen molar-refractivity contribution in [2.75, 3.05) is 25.0 Å². The fourth-order valence-corrected chi connectivity index (χ4v) is 2.45. The second-order valence-electron chi connectivity index (χ2n) is 5.00. The number of nitrogens with one attached hydrogen (secondary N) is 2. The van der Waals surface area contributed by atoms with E-state index in [9.17, 15) is 4.79 Å². The summed E-state index contributed by atoms with van der Waals surface area (Å²) in [6.07, 6.45) is 1.60. The molecule has 1 aromatic heterocycles. The number of amides is 1. The van der Waals surface area contributed by atoms with Crippen LogP contribution in [-0.2, 0) is 4.74 Å². The lowest BCUT2D eigenvalue weighted by molar-refractivity contribution is 0.0250. The first-order valence-corrected chi connectivity index (χ1v) is 7.45. The minimum atomic E-state index is -0.215. The number of ether oxygens (including phenoxy) is 1. The summed E-state index contributed by atoms with van der Waals surface area (Å²) >= 11 is 5.89. The van der Waals surface area contributed by atoms with Gasteiger partial charge >= 0.3 is 0 Å². The van der Waals surface area contributed by atoms with Gasteiger partial charge in [0.15, 0.2) is 0 Å². The Balaban J connectivity index is 1.66. The molecule has 1 aliphatic rings. The number of carbonyl (C=O) groups excluding carboxylic acids is 1. The molecule has 1 aliphatic heterocycles. The van der Waals surface area contributed by atoms with E-state index in [1.165, 1.54) is 0 Å². The van der Waals surface area contributed by atoms with E-state index >= 15 is 0 Å². The quantitative estimate of drug-likeness (QED) is 0.913. The van der Waals surface area contributed by atoms with Crippen LogP contribution < -0.4 is 10.6 Å². The third-order valence-electron chi connectivity index (χ3n) is 3.39. The second kappa shape index (κ2) is 6.87. The lowest BCUT2D eigenvalue weighted by Crippen LogP contribution is -2.33. The molecule has 2 aromatic rings. The van der Waals surface area contributed by atoms with Gasteiger partial charge in [-0.3, -0.25) is 9.78 Å². The summed E-state index contributed by atoms with van der Waals surface area (Å²) in [4.78, 5) is 16.5. The molecule has 0 bridgehead atoms. The fraction of sp³-hybridized carbons (Fsp3) is 0.250. The van der Waals surface area contributed by atoms with Gasteiger partial charge in [0.25, 0.3) is 5.91 Å². The zero-order chi connectivity index (χ0) is 15.4. The first kappa shape index (κ1) is 15.0. The van der Waals surface area contributed by atoms with Gasteiger partial charge in [0, 0.05) is 23.7 Å². The van der Waals surface area contributed by atoms with Crippen LogP contribution in [0.1, 0.15) is 22.2 Å². The van der Waals surface area contributed by atoms with Gasteiger partial charge < -0.3 is 15.4 Å². The Bertz CT molecular complexity index is 655. The Morgan fingerprint density at radius 3 is 2.95 bits per heavy atom. The van der Waals surface area contributed by atoms with Gasteiger partial charge in [0.05, 0.1) is 24.2 Å². The molecule has 1 amide bonds. The third-order valence-corrected chi connectivity index (χ3v) is 3.62. The Morgan fingerprint density at radius 1 is 1.36 bits per heavy atom. The molecular weight excluding hydrogens is 302 g/mol. The minimum Gasteiger partial charge on any atom is -0.369 e. The Hall–Kier alpha value is -1.95. The molecule has 2 N–H and O–H groups in total. The number of anilines is 1. The molecule has 114 valence electrons. The van der Waals surface area contributed by atoms with Crippen molar-refractivity contribution in [2.45, 2.75) is 6.10 Å². The van der Waals surface area contributed by atoms with E-state index < -0.39 is 0 Å². The van der Waals surface area contributed by atoms with Crippen molar-refractivity contribution in [3.05, 3.63) is 58.9 Å². The first-order chi connectivity index (χ1) is 10.7. The molecule has 3 rings (SSSR count). The summed E-state index contributed by atoms with van der Waals surface area (Å²) in [6.45, 7) is 2.30. The number of benzene rings is 1. The maximum atomic E-state index is 12.1. The van der Waals surface area contributed by atoms with Gasteiger partial charge in [-0.15, -0.1) is 0 Å². The third kappa shape index (κ3) is 3.62. The first-order valence-electron chi connectivity index (χ1n) is 7.07. The SMILES string of the molecule is O=C(Nc1ccc(C2CNCCO2)nc1)c1cccc(Cl)c1. The van der Waals surface area contributed by atoms with Crippen molar-refractivity contribution < 1.29 is 9.53 Å². The van der Waals surface area contributed by atoms with E-state index in [1.807, 2.05) is 12.1 Å². The highest BCUT2D eigenvalue weighted by Crippen LogP contribution is 2.18. The van der Waals surface area contributed by atoms with Gasteiger partial charge in [-0.05, 0) is 30.3 Å². The zero-order valence-corrected chi connectivity index (χ0v) is 12.6. The molecule has 1 atom stereocenters. The summed E-state index contributed by atoms with van der Waals surface area (Å²) in [6, 6.07) is 10.5. The smallest absolute Gasteiger partial charge is 0.255 e. The van der Waals surface area contributed by atoms with Crippen LogP contribution >= 0.6 is 11.6 Å². The summed E-state index contributed by atoms with van der Waals surface area (Å²) in [5, 5.41) is 6.59. The molecule has 5 nitrogen and oxygen atoms in total. The van der Waals surface area contributed by atoms with E-state index in [0.717, 1.165) is 18.8 Å². The molecule has 0 aliphatic carbocycles. The Kier molecular flexibility index (Phi) is 4.68. The molecule has 1 saturated heterocycles. The van der Waals surface area contributed by atoms with E-state index in [0.29, 0.717) is 22.9 Å². The molecule has 1 fully saturated rings. The normalized spacial score (nSPS) is 18.0. The monoisotopic (exact) mass is 317 g/mol. The van der Waals surface area contributed by atoms with Crippen molar-refractivity contribution >= 4 is 23.2 Å². The van der Waals surface area contributed by atoms with Gasteiger partial charge in [-0.25, -0.2) is 0 Å². The summed E-state index contributed by atoms with van der Waals surface area (Å²) in [7, 11) is 0. The van der Waals surface area contributed by atoms with Crippen LogP contribution in [-0.4, -0.2) is 30.6 Å². The molecule has 1 unspecified atom stereocenters. The van der Waals surface area contributed by atoms with Gasteiger partial charge in [0.2, 0.25) is 0 Å². The van der Waals surface area contributed by atoms with Crippen LogP contribution in [0, 0.1) is 0 Å². The average molecular weight is 318 g/mol. The van der Waals surface area contributed by atoms with E-state index in [2.05, 4.69) is 15.6 Å². The molecule has 22 heavy (non-hydrogen) atoms. The number of halogens is 1. The molecular formula is C16H16ClN3O2. The predicted molar refractivity (Wildman–Crippen MR) is 85.2 cm³/mol. The zero-order valence-electron chi connectivity index (χ0n) is 11.9. The Labute approximate surface area is 133 Å². The standard InChI is InChI=1S/C16H16ClN3O2/c17-12-3-1-2-11(8-12)16(21)20-13-4-5-14(19-9-13)15-10-18-6-7-22-15/h1-5,8-9,15,18H,6-7,10H2,(H,20,21). The summed E-state index contributed by atoms with van der Waals surface area (Å²) in [5.74, 6) is -0.215. The van der Waals surface area contributed by atoms with Crippen LogP contribution in [0.5, 0.6) is 0 Å². The number of carbonyl (C=O) groups is 1. The van der Waals surface area contributed by atoms with Crippen molar-refractivity contribution in [2.24, 2.45) is 0 Å². The van der Waals surface area contributed by atoms with Crippen LogP contribution in [0.15, 0.2) is 42.6 Å². The van der Waals surface area contributed by atoms with Crippen LogP contribution in [0.25, 0.3) is 0 Å². The highest BCUT2D eigenvalue weighted by Gasteiger charge is 2.16. The summed E-state index contributed by atoms with van der Waals surface area (Å²) < 4.78 is 5.64. The topological polar surface area (TPSA) is 63.2 Å². The van der Waals surface area contributed by atoms with Crippen LogP contribution in [0.3, 0.4) is 0 Å². The van der Waals surface area contributed by atoms with Crippen molar-refractivity contribution in [1.82, 2.24) is 10.3 Å². The number of hydrogen-bond donors (Lipinski definition) is 2. The largest absolute Gasteiger partial charge is 0.369 e. The van der Waals surface area contributed by atoms with Crippen LogP contribution in [0.4, 0.5) is 5.69 Å². The van der Waals surface area contributed by atoms with Gasteiger partial charge in [0.1, 0.15) is 6.10 Å².